The molecule has 0 aliphatic carbocycles. The highest BCUT2D eigenvalue weighted by Gasteiger charge is 2.40. The summed E-state index contributed by atoms with van der Waals surface area (Å²) in [4.78, 5) is 36.9. The van der Waals surface area contributed by atoms with Crippen molar-refractivity contribution in [2.75, 3.05) is 7.11 Å². The van der Waals surface area contributed by atoms with Gasteiger partial charge in [-0.15, -0.1) is 0 Å². The zero-order chi connectivity index (χ0) is 23.4. The maximum atomic E-state index is 13.1. The lowest BCUT2D eigenvalue weighted by molar-refractivity contribution is -0.385. The average molecular weight is 440 g/mol. The number of halogens is 1. The van der Waals surface area contributed by atoms with E-state index in [1.54, 1.807) is 19.9 Å². The highest BCUT2D eigenvalue weighted by molar-refractivity contribution is 6.00. The van der Waals surface area contributed by atoms with Gasteiger partial charge >= 0.3 is 11.9 Å². The van der Waals surface area contributed by atoms with Crippen molar-refractivity contribution in [3.05, 3.63) is 98.1 Å². The summed E-state index contributed by atoms with van der Waals surface area (Å²) >= 11 is 0. The Labute approximate surface area is 183 Å². The van der Waals surface area contributed by atoms with Gasteiger partial charge in [-0.3, -0.25) is 10.1 Å². The smallest absolute Gasteiger partial charge is 0.337 e. The molecule has 0 saturated carbocycles. The minimum Gasteiger partial charge on any atom is -0.466 e. The second kappa shape index (κ2) is 9.42. The van der Waals surface area contributed by atoms with Crippen molar-refractivity contribution in [3.8, 4) is 0 Å². The predicted molar refractivity (Wildman–Crippen MR) is 113 cm³/mol. The molecule has 32 heavy (non-hydrogen) atoms. The Balaban J connectivity index is 2.06. The van der Waals surface area contributed by atoms with Gasteiger partial charge in [-0.05, 0) is 31.5 Å². The lowest BCUT2D eigenvalue weighted by Gasteiger charge is -2.30. The van der Waals surface area contributed by atoms with E-state index in [-0.39, 0.29) is 29.0 Å². The zero-order valence-electron chi connectivity index (χ0n) is 17.7. The summed E-state index contributed by atoms with van der Waals surface area (Å²) in [7, 11) is 1.19. The van der Waals surface area contributed by atoms with Crippen molar-refractivity contribution in [2.24, 2.45) is 0 Å². The molecule has 9 heteroatoms. The molecule has 8 nitrogen and oxygen atoms in total. The molecule has 0 amide bonds. The largest absolute Gasteiger partial charge is 0.466 e. The number of nitro benzene ring substituents is 1. The molecule has 2 aromatic rings. The minimum absolute atomic E-state index is 0.0485. The minimum atomic E-state index is -1.08. The van der Waals surface area contributed by atoms with Crippen molar-refractivity contribution in [1.29, 1.82) is 0 Å². The van der Waals surface area contributed by atoms with Gasteiger partial charge in [0.1, 0.15) is 12.4 Å². The molecule has 1 aliphatic rings. The van der Waals surface area contributed by atoms with Crippen molar-refractivity contribution in [1.82, 2.24) is 5.32 Å². The molecule has 0 fully saturated rings. The number of nitrogens with one attached hydrogen (secondary N) is 1. The third kappa shape index (κ3) is 4.51. The van der Waals surface area contributed by atoms with Gasteiger partial charge in [-0.2, -0.15) is 0 Å². The second-order valence-corrected chi connectivity index (χ2v) is 7.15. The number of rotatable bonds is 6. The molecule has 2 aromatic carbocycles. The summed E-state index contributed by atoms with van der Waals surface area (Å²) < 4.78 is 23.5. The van der Waals surface area contributed by atoms with Gasteiger partial charge in [-0.25, -0.2) is 14.0 Å². The van der Waals surface area contributed by atoms with Crippen LogP contribution in [0.1, 0.15) is 30.9 Å². The third-order valence-electron chi connectivity index (χ3n) is 5.11. The van der Waals surface area contributed by atoms with E-state index < -0.39 is 28.6 Å². The first-order valence-electron chi connectivity index (χ1n) is 9.66. The lowest BCUT2D eigenvalue weighted by Crippen LogP contribution is -2.32. The first-order chi connectivity index (χ1) is 15.2. The summed E-state index contributed by atoms with van der Waals surface area (Å²) in [5.41, 5.74) is 1.39. The van der Waals surface area contributed by atoms with Gasteiger partial charge in [0, 0.05) is 23.0 Å². The molecule has 1 unspecified atom stereocenters. The van der Waals surface area contributed by atoms with Crippen molar-refractivity contribution in [3.63, 3.8) is 0 Å². The molecule has 0 aromatic heterocycles. The molecule has 0 spiro atoms. The number of carbonyl (C=O) groups excluding carboxylic acids is 2. The molecule has 1 N–H and O–H groups in total. The first kappa shape index (κ1) is 22.7. The standard InChI is InChI=1S/C23H21FN2O6/c1-13-19(22(27)31-3)21(17-6-4-5-7-18(17)26(29)30)20(14(2)25-13)23(28)32-12-15-8-10-16(24)11-9-15/h4-11,21,25H,12H2,1-3H3. The van der Waals surface area contributed by atoms with E-state index >= 15 is 0 Å². The van der Waals surface area contributed by atoms with Crippen LogP contribution in [0.25, 0.3) is 0 Å². The van der Waals surface area contributed by atoms with E-state index in [9.17, 15) is 24.1 Å². The Morgan fingerprint density at radius 1 is 1.03 bits per heavy atom. The number of allylic oxidation sites excluding steroid dienone is 2. The maximum Gasteiger partial charge on any atom is 0.337 e. The Hall–Kier alpha value is -4.01. The number of para-hydroxylation sites is 1. The molecule has 1 atom stereocenters. The molecule has 0 saturated heterocycles. The summed E-state index contributed by atoms with van der Waals surface area (Å²) in [6.07, 6.45) is 0. The number of nitrogens with zero attached hydrogens (tertiary/aromatic N) is 1. The predicted octanol–water partition coefficient (Wildman–Crippen LogP) is 3.89. The van der Waals surface area contributed by atoms with Crippen LogP contribution in [0.2, 0.25) is 0 Å². The van der Waals surface area contributed by atoms with Crippen molar-refractivity contribution < 1.29 is 28.4 Å². The number of nitro groups is 1. The van der Waals surface area contributed by atoms with Gasteiger partial charge in [-0.1, -0.05) is 30.3 Å². The molecule has 1 heterocycles. The van der Waals surface area contributed by atoms with Gasteiger partial charge < -0.3 is 14.8 Å². The van der Waals surface area contributed by atoms with Crippen molar-refractivity contribution >= 4 is 17.6 Å². The van der Waals surface area contributed by atoms with E-state index in [0.29, 0.717) is 17.0 Å². The lowest BCUT2D eigenvalue weighted by atomic mass is 9.79. The van der Waals surface area contributed by atoms with Crippen LogP contribution in [0.15, 0.2) is 71.1 Å². The summed E-state index contributed by atoms with van der Waals surface area (Å²) in [5.74, 6) is -2.99. The van der Waals surface area contributed by atoms with Crippen molar-refractivity contribution in [2.45, 2.75) is 26.4 Å². The highest BCUT2D eigenvalue weighted by atomic mass is 19.1. The van der Waals surface area contributed by atoms with E-state index in [4.69, 9.17) is 9.47 Å². The molecular weight excluding hydrogens is 419 g/mol. The quantitative estimate of drug-likeness (QED) is 0.412. The Morgan fingerprint density at radius 2 is 1.62 bits per heavy atom. The second-order valence-electron chi connectivity index (χ2n) is 7.15. The number of hydrogen-bond donors (Lipinski definition) is 1. The number of hydrogen-bond acceptors (Lipinski definition) is 7. The van der Waals surface area contributed by atoms with Crippen LogP contribution in [0.5, 0.6) is 0 Å². The number of ether oxygens (including phenoxy) is 2. The van der Waals surface area contributed by atoms with Gasteiger partial charge in [0.25, 0.3) is 5.69 Å². The van der Waals surface area contributed by atoms with E-state index in [0.717, 1.165) is 0 Å². The summed E-state index contributed by atoms with van der Waals surface area (Å²) in [6.45, 7) is 3.10. The molecule has 3 rings (SSSR count). The van der Waals surface area contributed by atoms with E-state index in [1.807, 2.05) is 0 Å². The average Bonchev–Trinajstić information content (AvgIpc) is 2.77. The fraction of sp³-hybridized carbons (Fsp3) is 0.217. The molecule has 0 bridgehead atoms. The first-order valence-corrected chi connectivity index (χ1v) is 9.66. The van der Waals surface area contributed by atoms with Gasteiger partial charge in [0.15, 0.2) is 0 Å². The van der Waals surface area contributed by atoms with Crippen LogP contribution in [-0.2, 0) is 25.7 Å². The van der Waals surface area contributed by atoms with Crippen LogP contribution >= 0.6 is 0 Å². The Bertz CT molecular complexity index is 1140. The number of benzene rings is 2. The van der Waals surface area contributed by atoms with Crippen LogP contribution in [-0.4, -0.2) is 24.0 Å². The maximum absolute atomic E-state index is 13.1. The topological polar surface area (TPSA) is 108 Å². The van der Waals surface area contributed by atoms with Crippen LogP contribution < -0.4 is 5.32 Å². The SMILES string of the molecule is COC(=O)C1=C(C)NC(C)=C(C(=O)OCc2ccc(F)cc2)C1c1ccccc1[N+](=O)[O-]. The summed E-state index contributed by atoms with van der Waals surface area (Å²) in [6, 6.07) is 11.3. The van der Waals surface area contributed by atoms with Crippen LogP contribution in [0, 0.1) is 15.9 Å². The molecule has 1 aliphatic heterocycles. The number of carbonyl (C=O) groups is 2. The zero-order valence-corrected chi connectivity index (χ0v) is 17.7. The fourth-order valence-corrected chi connectivity index (χ4v) is 3.66. The normalized spacial score (nSPS) is 15.8. The number of esters is 2. The van der Waals surface area contributed by atoms with Crippen LogP contribution in [0.3, 0.4) is 0 Å². The summed E-state index contributed by atoms with van der Waals surface area (Å²) in [5, 5.41) is 14.7. The van der Waals surface area contributed by atoms with Gasteiger partial charge in [0.2, 0.25) is 0 Å². The monoisotopic (exact) mass is 440 g/mol. The molecule has 166 valence electrons. The fourth-order valence-electron chi connectivity index (χ4n) is 3.66. The molecular formula is C23H21FN2O6. The third-order valence-corrected chi connectivity index (χ3v) is 5.11. The van der Waals surface area contributed by atoms with E-state index in [2.05, 4.69) is 5.32 Å². The number of methoxy groups -OCH3 is 1. The molecule has 0 radical (unpaired) electrons. The van der Waals surface area contributed by atoms with Crippen LogP contribution in [0.4, 0.5) is 10.1 Å². The highest BCUT2D eigenvalue weighted by Crippen LogP contribution is 2.42. The Kier molecular flexibility index (Phi) is 6.67. The van der Waals surface area contributed by atoms with E-state index in [1.165, 1.54) is 49.6 Å². The Morgan fingerprint density at radius 3 is 2.22 bits per heavy atom. The van der Waals surface area contributed by atoms with Gasteiger partial charge in [0.05, 0.1) is 29.1 Å². The number of dihydropyridines is 1.